The van der Waals surface area contributed by atoms with E-state index in [1.165, 1.54) is 35.4 Å². The van der Waals surface area contributed by atoms with E-state index < -0.39 is 5.82 Å². The Morgan fingerprint density at radius 2 is 1.97 bits per heavy atom. The van der Waals surface area contributed by atoms with Gasteiger partial charge in [-0.05, 0) is 55.0 Å². The molecule has 0 unspecified atom stereocenters. The SMILES string of the molecule is Cc1nc(-c2ccc(-c3nc(Cc4ccc5[nH]ncc5c4C4CC4)n(C)n3)cc2F)n[nH]1. The van der Waals surface area contributed by atoms with E-state index in [4.69, 9.17) is 4.98 Å². The van der Waals surface area contributed by atoms with Gasteiger partial charge in [0.25, 0.3) is 0 Å². The van der Waals surface area contributed by atoms with Crippen molar-refractivity contribution in [3.05, 3.63) is 65.1 Å². The third-order valence-electron chi connectivity index (χ3n) is 6.01. The summed E-state index contributed by atoms with van der Waals surface area (Å²) in [7, 11) is 1.88. The number of aryl methyl sites for hydroxylation is 2. The van der Waals surface area contributed by atoms with Crippen LogP contribution in [0, 0.1) is 12.7 Å². The number of halogens is 1. The van der Waals surface area contributed by atoms with Crippen LogP contribution in [-0.2, 0) is 13.5 Å². The Labute approximate surface area is 182 Å². The maximum Gasteiger partial charge on any atom is 0.184 e. The molecule has 1 fully saturated rings. The molecule has 3 aromatic heterocycles. The second-order valence-corrected chi connectivity index (χ2v) is 8.33. The summed E-state index contributed by atoms with van der Waals surface area (Å²) in [5, 5.41) is 19.8. The van der Waals surface area contributed by atoms with Gasteiger partial charge in [-0.25, -0.2) is 14.4 Å². The van der Waals surface area contributed by atoms with Gasteiger partial charge in [0.1, 0.15) is 17.5 Å². The molecule has 0 radical (unpaired) electrons. The number of aromatic nitrogens is 8. The molecule has 160 valence electrons. The summed E-state index contributed by atoms with van der Waals surface area (Å²) in [6.07, 6.45) is 4.98. The molecule has 0 amide bonds. The van der Waals surface area contributed by atoms with Crippen molar-refractivity contribution in [1.82, 2.24) is 40.1 Å². The summed E-state index contributed by atoms with van der Waals surface area (Å²) in [5.41, 5.74) is 4.62. The van der Waals surface area contributed by atoms with Crippen LogP contribution in [-0.4, -0.2) is 40.1 Å². The van der Waals surface area contributed by atoms with Gasteiger partial charge in [-0.3, -0.25) is 14.9 Å². The summed E-state index contributed by atoms with van der Waals surface area (Å²) in [4.78, 5) is 8.94. The number of nitrogens with zero attached hydrogens (tertiary/aromatic N) is 6. The first-order valence-corrected chi connectivity index (χ1v) is 10.6. The molecule has 0 atom stereocenters. The minimum absolute atomic E-state index is 0.337. The van der Waals surface area contributed by atoms with Crippen molar-refractivity contribution in [2.45, 2.75) is 32.1 Å². The molecule has 1 saturated carbocycles. The van der Waals surface area contributed by atoms with Gasteiger partial charge in [0.2, 0.25) is 0 Å². The zero-order chi connectivity index (χ0) is 21.8. The summed E-state index contributed by atoms with van der Waals surface area (Å²) in [6.45, 7) is 1.78. The topological polar surface area (TPSA) is 101 Å². The highest BCUT2D eigenvalue weighted by Gasteiger charge is 2.29. The Morgan fingerprint density at radius 3 is 2.72 bits per heavy atom. The number of H-pyrrole nitrogens is 2. The van der Waals surface area contributed by atoms with Crippen molar-refractivity contribution < 1.29 is 4.39 Å². The van der Waals surface area contributed by atoms with Gasteiger partial charge in [0, 0.05) is 24.4 Å². The quantitative estimate of drug-likeness (QED) is 0.440. The lowest BCUT2D eigenvalue weighted by Crippen LogP contribution is -2.03. The second-order valence-electron chi connectivity index (χ2n) is 8.33. The number of hydrogen-bond donors (Lipinski definition) is 2. The minimum Gasteiger partial charge on any atom is -0.278 e. The smallest absolute Gasteiger partial charge is 0.184 e. The number of hydrogen-bond acceptors (Lipinski definition) is 5. The van der Waals surface area contributed by atoms with Crippen LogP contribution in [0.5, 0.6) is 0 Å². The average Bonchev–Trinajstić information content (AvgIpc) is 3.15. The lowest BCUT2D eigenvalue weighted by Gasteiger charge is -2.09. The van der Waals surface area contributed by atoms with Crippen molar-refractivity contribution in [2.75, 3.05) is 0 Å². The van der Waals surface area contributed by atoms with Crippen LogP contribution in [0.4, 0.5) is 4.39 Å². The van der Waals surface area contributed by atoms with Crippen LogP contribution in [0.25, 0.3) is 33.7 Å². The van der Waals surface area contributed by atoms with E-state index in [1.807, 2.05) is 13.2 Å². The van der Waals surface area contributed by atoms with Crippen molar-refractivity contribution in [3.63, 3.8) is 0 Å². The molecule has 0 aliphatic heterocycles. The molecule has 6 rings (SSSR count). The first-order valence-electron chi connectivity index (χ1n) is 10.6. The molecule has 9 heteroatoms. The fourth-order valence-corrected chi connectivity index (χ4v) is 4.25. The highest BCUT2D eigenvalue weighted by Crippen LogP contribution is 2.45. The predicted molar refractivity (Wildman–Crippen MR) is 117 cm³/mol. The third-order valence-corrected chi connectivity index (χ3v) is 6.01. The van der Waals surface area contributed by atoms with E-state index in [2.05, 4.69) is 42.6 Å². The van der Waals surface area contributed by atoms with E-state index in [-0.39, 0.29) is 0 Å². The van der Waals surface area contributed by atoms with Gasteiger partial charge >= 0.3 is 0 Å². The summed E-state index contributed by atoms with van der Waals surface area (Å²) >= 11 is 0. The van der Waals surface area contributed by atoms with E-state index in [0.717, 1.165) is 11.3 Å². The van der Waals surface area contributed by atoms with Gasteiger partial charge in [-0.2, -0.15) is 15.3 Å². The maximum absolute atomic E-state index is 14.8. The van der Waals surface area contributed by atoms with Crippen LogP contribution in [0.3, 0.4) is 0 Å². The summed E-state index contributed by atoms with van der Waals surface area (Å²) in [6, 6.07) is 9.13. The number of fused-ring (bicyclic) bond motifs is 1. The monoisotopic (exact) mass is 428 g/mol. The van der Waals surface area contributed by atoms with Gasteiger partial charge in [-0.1, -0.05) is 12.1 Å². The first-order chi connectivity index (χ1) is 15.6. The van der Waals surface area contributed by atoms with Crippen LogP contribution in [0.2, 0.25) is 0 Å². The molecule has 3 heterocycles. The maximum atomic E-state index is 14.8. The molecule has 8 nitrogen and oxygen atoms in total. The number of aromatic amines is 2. The van der Waals surface area contributed by atoms with Crippen LogP contribution < -0.4 is 0 Å². The Hall–Kier alpha value is -3.88. The number of nitrogens with one attached hydrogen (secondary N) is 2. The molecule has 2 N–H and O–H groups in total. The minimum atomic E-state index is -0.406. The fourth-order valence-electron chi connectivity index (χ4n) is 4.25. The molecule has 2 aromatic carbocycles. The molecule has 0 spiro atoms. The van der Waals surface area contributed by atoms with Crippen LogP contribution in [0.1, 0.15) is 41.5 Å². The fraction of sp³-hybridized carbons (Fsp3) is 0.261. The van der Waals surface area contributed by atoms with E-state index >= 15 is 0 Å². The van der Waals surface area contributed by atoms with E-state index in [1.54, 1.807) is 23.7 Å². The van der Waals surface area contributed by atoms with E-state index in [0.29, 0.717) is 40.9 Å². The molecule has 1 aliphatic rings. The Morgan fingerprint density at radius 1 is 1.09 bits per heavy atom. The normalized spacial score (nSPS) is 13.8. The molecule has 5 aromatic rings. The molecule has 32 heavy (non-hydrogen) atoms. The third kappa shape index (κ3) is 3.17. The summed E-state index contributed by atoms with van der Waals surface area (Å²) in [5.74, 6) is 2.48. The standard InChI is InChI=1S/C23H21FN8/c1-12-26-23(30-28-12)16-7-5-15(9-18(16)24)22-27-20(32(2)31-22)10-14-6-8-19-17(11-25-29-19)21(14)13-3-4-13/h5-9,11,13H,3-4,10H2,1-2H3,(H,25,29)(H,26,28,30). The highest BCUT2D eigenvalue weighted by molar-refractivity contribution is 5.84. The molecule has 0 bridgehead atoms. The van der Waals surface area contributed by atoms with Crippen molar-refractivity contribution in [2.24, 2.45) is 7.05 Å². The number of benzene rings is 2. The van der Waals surface area contributed by atoms with Gasteiger partial charge in [0.05, 0.1) is 17.3 Å². The Kier molecular flexibility index (Phi) is 4.17. The molecular formula is C23H21FN8. The molecule has 1 aliphatic carbocycles. The lowest BCUT2D eigenvalue weighted by atomic mass is 9.96. The highest BCUT2D eigenvalue weighted by atomic mass is 19.1. The molecular weight excluding hydrogens is 407 g/mol. The van der Waals surface area contributed by atoms with Gasteiger partial charge in [-0.15, -0.1) is 0 Å². The lowest BCUT2D eigenvalue weighted by molar-refractivity contribution is 0.630. The van der Waals surface area contributed by atoms with Gasteiger partial charge < -0.3 is 0 Å². The van der Waals surface area contributed by atoms with Crippen LogP contribution >= 0.6 is 0 Å². The zero-order valence-electron chi connectivity index (χ0n) is 17.7. The first kappa shape index (κ1) is 18.9. The number of rotatable bonds is 5. The summed E-state index contributed by atoms with van der Waals surface area (Å²) < 4.78 is 16.6. The van der Waals surface area contributed by atoms with E-state index in [9.17, 15) is 4.39 Å². The van der Waals surface area contributed by atoms with Crippen molar-refractivity contribution >= 4 is 10.9 Å². The predicted octanol–water partition coefficient (Wildman–Crippen LogP) is 4.06. The Balaban J connectivity index is 1.33. The second kappa shape index (κ2) is 7.08. The van der Waals surface area contributed by atoms with Crippen molar-refractivity contribution in [3.8, 4) is 22.8 Å². The molecule has 0 saturated heterocycles. The van der Waals surface area contributed by atoms with Crippen LogP contribution in [0.15, 0.2) is 36.5 Å². The zero-order valence-corrected chi connectivity index (χ0v) is 17.7. The average molecular weight is 428 g/mol. The Bertz CT molecular complexity index is 1460. The van der Waals surface area contributed by atoms with Crippen molar-refractivity contribution in [1.29, 1.82) is 0 Å². The largest absolute Gasteiger partial charge is 0.278 e. The van der Waals surface area contributed by atoms with Gasteiger partial charge in [0.15, 0.2) is 11.6 Å².